The van der Waals surface area contributed by atoms with Crippen molar-refractivity contribution in [2.45, 2.75) is 6.54 Å². The highest BCUT2D eigenvalue weighted by Gasteiger charge is 2.08. The van der Waals surface area contributed by atoms with Gasteiger partial charge in [0.1, 0.15) is 11.6 Å². The summed E-state index contributed by atoms with van der Waals surface area (Å²) in [5.74, 6) is 0.232. The molecule has 0 saturated heterocycles. The van der Waals surface area contributed by atoms with Crippen LogP contribution in [0, 0.1) is 5.82 Å². The minimum atomic E-state index is -0.287. The summed E-state index contributed by atoms with van der Waals surface area (Å²) in [6.07, 6.45) is 0. The Morgan fingerprint density at radius 2 is 2.23 bits per heavy atom. The summed E-state index contributed by atoms with van der Waals surface area (Å²) in [6.45, 7) is 0.606. The lowest BCUT2D eigenvalue weighted by molar-refractivity contribution is 0.407. The van der Waals surface area contributed by atoms with Crippen molar-refractivity contribution in [3.63, 3.8) is 0 Å². The second-order valence-corrected chi connectivity index (χ2v) is 3.40. The molecule has 0 unspecified atom stereocenters. The molecule has 0 aromatic heterocycles. The molecule has 13 heavy (non-hydrogen) atoms. The first-order valence-electron chi connectivity index (χ1n) is 3.85. The van der Waals surface area contributed by atoms with E-state index < -0.39 is 0 Å². The Morgan fingerprint density at radius 1 is 1.54 bits per heavy atom. The number of nitrogens with one attached hydrogen (secondary N) is 1. The van der Waals surface area contributed by atoms with Gasteiger partial charge in [0, 0.05) is 12.6 Å². The summed E-state index contributed by atoms with van der Waals surface area (Å²) in [5.41, 5.74) is 0.847. The van der Waals surface area contributed by atoms with E-state index >= 15 is 0 Å². The molecule has 0 heterocycles. The molecule has 1 aromatic rings. The lowest BCUT2D eigenvalue weighted by atomic mass is 10.2. The quantitative estimate of drug-likeness (QED) is 0.886. The largest absolute Gasteiger partial charge is 0.495 e. The summed E-state index contributed by atoms with van der Waals surface area (Å²) in [4.78, 5) is 0. The molecule has 0 amide bonds. The smallest absolute Gasteiger partial charge is 0.136 e. The van der Waals surface area contributed by atoms with Crippen LogP contribution in [0.25, 0.3) is 0 Å². The molecule has 0 radical (unpaired) electrons. The summed E-state index contributed by atoms with van der Waals surface area (Å²) in [7, 11) is 3.33. The van der Waals surface area contributed by atoms with Crippen molar-refractivity contribution in [3.8, 4) is 5.75 Å². The zero-order valence-corrected chi connectivity index (χ0v) is 9.11. The van der Waals surface area contributed by atoms with Crippen LogP contribution in [0.4, 0.5) is 4.39 Å². The Balaban J connectivity index is 3.11. The zero-order valence-electron chi connectivity index (χ0n) is 7.53. The first-order valence-corrected chi connectivity index (χ1v) is 4.65. The number of ether oxygens (including phenoxy) is 1. The van der Waals surface area contributed by atoms with Crippen LogP contribution in [0.2, 0.25) is 0 Å². The third kappa shape index (κ3) is 2.42. The molecule has 0 atom stereocenters. The van der Waals surface area contributed by atoms with E-state index in [1.54, 1.807) is 0 Å². The highest BCUT2D eigenvalue weighted by atomic mass is 79.9. The van der Waals surface area contributed by atoms with E-state index in [0.717, 1.165) is 10.0 Å². The van der Waals surface area contributed by atoms with Crippen LogP contribution in [-0.4, -0.2) is 14.2 Å². The third-order valence-corrected chi connectivity index (χ3v) is 2.57. The van der Waals surface area contributed by atoms with Crippen LogP contribution in [0.15, 0.2) is 16.6 Å². The van der Waals surface area contributed by atoms with Crippen molar-refractivity contribution in [3.05, 3.63) is 28.0 Å². The van der Waals surface area contributed by atoms with Gasteiger partial charge in [-0.05, 0) is 34.6 Å². The number of benzene rings is 1. The monoisotopic (exact) mass is 247 g/mol. The maximum atomic E-state index is 13.0. The van der Waals surface area contributed by atoms with Gasteiger partial charge < -0.3 is 10.1 Å². The van der Waals surface area contributed by atoms with Crippen LogP contribution < -0.4 is 10.1 Å². The molecule has 0 bridgehead atoms. The molecular formula is C9H11BrFNO. The predicted octanol–water partition coefficient (Wildman–Crippen LogP) is 2.32. The van der Waals surface area contributed by atoms with E-state index in [-0.39, 0.29) is 5.82 Å². The Bertz CT molecular complexity index is 304. The highest BCUT2D eigenvalue weighted by molar-refractivity contribution is 9.10. The summed E-state index contributed by atoms with van der Waals surface area (Å²) < 4.78 is 18.8. The summed E-state index contributed by atoms with van der Waals surface area (Å²) >= 11 is 3.34. The van der Waals surface area contributed by atoms with Crippen LogP contribution in [0.1, 0.15) is 5.56 Å². The molecule has 1 N–H and O–H groups in total. The second kappa shape index (κ2) is 4.58. The predicted molar refractivity (Wildman–Crippen MR) is 53.4 cm³/mol. The Kier molecular flexibility index (Phi) is 3.69. The number of hydrogen-bond acceptors (Lipinski definition) is 2. The van der Waals surface area contributed by atoms with Crippen molar-refractivity contribution in [2.24, 2.45) is 0 Å². The molecule has 1 aromatic carbocycles. The molecule has 0 aliphatic rings. The van der Waals surface area contributed by atoms with Gasteiger partial charge in [0.25, 0.3) is 0 Å². The maximum Gasteiger partial charge on any atom is 0.136 e. The van der Waals surface area contributed by atoms with E-state index in [1.165, 1.54) is 19.2 Å². The number of rotatable bonds is 3. The molecule has 2 nitrogen and oxygen atoms in total. The standard InChI is InChI=1S/C9H11BrFNO/c1-12-5-6-3-7(11)4-8(13-2)9(6)10/h3-4,12H,5H2,1-2H3. The summed E-state index contributed by atoms with van der Waals surface area (Å²) in [6, 6.07) is 2.83. The van der Waals surface area contributed by atoms with Gasteiger partial charge in [-0.15, -0.1) is 0 Å². The van der Waals surface area contributed by atoms with Gasteiger partial charge in [0.05, 0.1) is 11.6 Å². The van der Waals surface area contributed by atoms with E-state index in [2.05, 4.69) is 21.2 Å². The van der Waals surface area contributed by atoms with E-state index in [9.17, 15) is 4.39 Å². The van der Waals surface area contributed by atoms with Crippen LogP contribution in [-0.2, 0) is 6.54 Å². The van der Waals surface area contributed by atoms with Crippen molar-refractivity contribution < 1.29 is 9.13 Å². The molecule has 0 fully saturated rings. The average molecular weight is 248 g/mol. The SMILES string of the molecule is CNCc1cc(F)cc(OC)c1Br. The highest BCUT2D eigenvalue weighted by Crippen LogP contribution is 2.29. The van der Waals surface area contributed by atoms with Gasteiger partial charge in [-0.3, -0.25) is 0 Å². The van der Waals surface area contributed by atoms with Gasteiger partial charge in [-0.25, -0.2) is 4.39 Å². The van der Waals surface area contributed by atoms with Gasteiger partial charge in [0.2, 0.25) is 0 Å². The topological polar surface area (TPSA) is 21.3 Å². The molecule has 0 saturated carbocycles. The fourth-order valence-corrected chi connectivity index (χ4v) is 1.62. The van der Waals surface area contributed by atoms with Crippen molar-refractivity contribution in [1.82, 2.24) is 5.32 Å². The van der Waals surface area contributed by atoms with Gasteiger partial charge >= 0.3 is 0 Å². The van der Waals surface area contributed by atoms with E-state index in [4.69, 9.17) is 4.74 Å². The Hall–Kier alpha value is -0.610. The normalized spacial score (nSPS) is 10.2. The minimum Gasteiger partial charge on any atom is -0.495 e. The van der Waals surface area contributed by atoms with Crippen LogP contribution in [0.5, 0.6) is 5.75 Å². The van der Waals surface area contributed by atoms with Crippen molar-refractivity contribution in [1.29, 1.82) is 0 Å². The lowest BCUT2D eigenvalue weighted by Crippen LogP contribution is -2.06. The first-order chi connectivity index (χ1) is 6.19. The van der Waals surface area contributed by atoms with Crippen LogP contribution >= 0.6 is 15.9 Å². The number of hydrogen-bond donors (Lipinski definition) is 1. The van der Waals surface area contributed by atoms with E-state index in [1.807, 2.05) is 7.05 Å². The second-order valence-electron chi connectivity index (χ2n) is 2.61. The van der Waals surface area contributed by atoms with Gasteiger partial charge in [-0.2, -0.15) is 0 Å². The van der Waals surface area contributed by atoms with E-state index in [0.29, 0.717) is 12.3 Å². The average Bonchev–Trinajstić information content (AvgIpc) is 2.11. The number of halogens is 2. The molecule has 4 heteroatoms. The third-order valence-electron chi connectivity index (χ3n) is 1.67. The zero-order chi connectivity index (χ0) is 9.84. The lowest BCUT2D eigenvalue weighted by Gasteiger charge is -2.08. The van der Waals surface area contributed by atoms with Gasteiger partial charge in [0.15, 0.2) is 0 Å². The van der Waals surface area contributed by atoms with Crippen molar-refractivity contribution >= 4 is 15.9 Å². The fraction of sp³-hybridized carbons (Fsp3) is 0.333. The Morgan fingerprint density at radius 3 is 2.77 bits per heavy atom. The summed E-state index contributed by atoms with van der Waals surface area (Å²) in [5, 5.41) is 2.95. The molecule has 72 valence electrons. The molecule has 0 aliphatic carbocycles. The fourth-order valence-electron chi connectivity index (χ4n) is 1.09. The molecule has 1 rings (SSSR count). The maximum absolute atomic E-state index is 13.0. The van der Waals surface area contributed by atoms with Crippen LogP contribution in [0.3, 0.4) is 0 Å². The molecule has 0 aliphatic heterocycles. The minimum absolute atomic E-state index is 0.287. The van der Waals surface area contributed by atoms with Gasteiger partial charge in [-0.1, -0.05) is 0 Å². The number of methoxy groups -OCH3 is 1. The first kappa shape index (κ1) is 10.5. The molecule has 0 spiro atoms. The Labute approximate surface area is 85.2 Å². The molecular weight excluding hydrogens is 237 g/mol. The van der Waals surface area contributed by atoms with Crippen molar-refractivity contribution in [2.75, 3.05) is 14.2 Å².